The molecule has 0 radical (unpaired) electrons. The average molecular weight is 172 g/mol. The Morgan fingerprint density at radius 2 is 2.17 bits per heavy atom. The Morgan fingerprint density at radius 3 is 2.50 bits per heavy atom. The summed E-state index contributed by atoms with van der Waals surface area (Å²) in [5.74, 6) is 0.375. The third kappa shape index (κ3) is 1.46. The van der Waals surface area contributed by atoms with Gasteiger partial charge in [-0.15, -0.1) is 0 Å². The van der Waals surface area contributed by atoms with Gasteiger partial charge in [-0.2, -0.15) is 0 Å². The maximum absolute atomic E-state index is 11.4. The van der Waals surface area contributed by atoms with Crippen LogP contribution in [-0.2, 0) is 14.3 Å². The fourth-order valence-corrected chi connectivity index (χ4v) is 1.75. The molecule has 1 fully saturated rings. The Morgan fingerprint density at radius 1 is 1.58 bits per heavy atom. The Bertz CT molecular complexity index is 171. The molecule has 1 rings (SSSR count). The summed E-state index contributed by atoms with van der Waals surface area (Å²) in [6.45, 7) is 4.35. The van der Waals surface area contributed by atoms with Gasteiger partial charge in [0.2, 0.25) is 0 Å². The molecule has 0 unspecified atom stereocenters. The van der Waals surface area contributed by atoms with Crippen LogP contribution >= 0.6 is 0 Å². The second kappa shape index (κ2) is 3.44. The molecule has 70 valence electrons. The van der Waals surface area contributed by atoms with Crippen LogP contribution in [0.25, 0.3) is 0 Å². The van der Waals surface area contributed by atoms with Crippen molar-refractivity contribution in [2.24, 2.45) is 5.92 Å². The summed E-state index contributed by atoms with van der Waals surface area (Å²) in [7, 11) is 1.57. The van der Waals surface area contributed by atoms with E-state index in [2.05, 4.69) is 6.92 Å². The van der Waals surface area contributed by atoms with Crippen LogP contribution in [0.15, 0.2) is 0 Å². The summed E-state index contributed by atoms with van der Waals surface area (Å²) in [4.78, 5) is 11.4. The fraction of sp³-hybridized carbons (Fsp3) is 0.889. The number of methoxy groups -OCH3 is 1. The zero-order valence-electron chi connectivity index (χ0n) is 7.92. The van der Waals surface area contributed by atoms with Crippen molar-refractivity contribution >= 4 is 5.97 Å². The molecule has 0 N–H and O–H groups in total. The van der Waals surface area contributed by atoms with E-state index in [0.29, 0.717) is 12.5 Å². The van der Waals surface area contributed by atoms with Crippen LogP contribution < -0.4 is 0 Å². The van der Waals surface area contributed by atoms with Crippen molar-refractivity contribution < 1.29 is 14.3 Å². The van der Waals surface area contributed by atoms with E-state index in [1.54, 1.807) is 7.11 Å². The molecule has 1 aliphatic rings. The summed E-state index contributed by atoms with van der Waals surface area (Å²) in [6.07, 6.45) is 1.59. The first kappa shape index (κ1) is 9.52. The lowest BCUT2D eigenvalue weighted by Crippen LogP contribution is -2.52. The van der Waals surface area contributed by atoms with Crippen molar-refractivity contribution in [1.29, 1.82) is 0 Å². The van der Waals surface area contributed by atoms with Gasteiger partial charge in [-0.05, 0) is 25.7 Å². The Hall–Kier alpha value is -0.570. The van der Waals surface area contributed by atoms with Gasteiger partial charge in [0.25, 0.3) is 0 Å². The molecule has 0 spiro atoms. The van der Waals surface area contributed by atoms with E-state index in [1.165, 1.54) is 0 Å². The third-order valence-electron chi connectivity index (χ3n) is 2.39. The molecular formula is C9H16O3. The number of hydrogen-bond donors (Lipinski definition) is 0. The zero-order valence-corrected chi connectivity index (χ0v) is 7.92. The summed E-state index contributed by atoms with van der Waals surface area (Å²) >= 11 is 0. The summed E-state index contributed by atoms with van der Waals surface area (Å²) in [6, 6.07) is 0. The lowest BCUT2D eigenvalue weighted by molar-refractivity contribution is -0.185. The van der Waals surface area contributed by atoms with E-state index in [0.717, 1.165) is 12.8 Å². The van der Waals surface area contributed by atoms with Crippen molar-refractivity contribution in [3.05, 3.63) is 0 Å². The number of carbonyl (C=O) groups is 1. The van der Waals surface area contributed by atoms with Crippen LogP contribution in [0, 0.1) is 5.92 Å². The van der Waals surface area contributed by atoms with Gasteiger partial charge in [-0.1, -0.05) is 6.92 Å². The van der Waals surface area contributed by atoms with Crippen molar-refractivity contribution in [3.8, 4) is 0 Å². The van der Waals surface area contributed by atoms with Crippen molar-refractivity contribution in [3.63, 3.8) is 0 Å². The molecule has 0 amide bonds. The van der Waals surface area contributed by atoms with E-state index in [1.807, 2.05) is 6.92 Å². The zero-order chi connectivity index (χ0) is 9.19. The van der Waals surface area contributed by atoms with Crippen molar-refractivity contribution in [2.45, 2.75) is 32.3 Å². The molecule has 0 aromatic heterocycles. The molecule has 0 atom stereocenters. The highest BCUT2D eigenvalue weighted by molar-refractivity contribution is 5.80. The van der Waals surface area contributed by atoms with E-state index in [-0.39, 0.29) is 5.97 Å². The number of rotatable bonds is 3. The van der Waals surface area contributed by atoms with E-state index >= 15 is 0 Å². The van der Waals surface area contributed by atoms with Crippen LogP contribution in [0.5, 0.6) is 0 Å². The minimum Gasteiger partial charge on any atom is -0.464 e. The first-order chi connectivity index (χ1) is 5.64. The van der Waals surface area contributed by atoms with E-state index in [4.69, 9.17) is 9.47 Å². The fourth-order valence-electron chi connectivity index (χ4n) is 1.75. The molecule has 0 aromatic carbocycles. The number of ether oxygens (including phenoxy) is 2. The number of esters is 1. The molecule has 0 heterocycles. The van der Waals surface area contributed by atoms with Gasteiger partial charge in [0, 0.05) is 7.11 Å². The summed E-state index contributed by atoms with van der Waals surface area (Å²) in [5.41, 5.74) is -0.616. The van der Waals surface area contributed by atoms with Crippen LogP contribution in [0.4, 0.5) is 0 Å². The lowest BCUT2D eigenvalue weighted by Gasteiger charge is -2.42. The highest BCUT2D eigenvalue weighted by Crippen LogP contribution is 2.40. The molecule has 12 heavy (non-hydrogen) atoms. The monoisotopic (exact) mass is 172 g/mol. The highest BCUT2D eigenvalue weighted by atomic mass is 16.6. The largest absolute Gasteiger partial charge is 0.464 e. The minimum absolute atomic E-state index is 0.203. The topological polar surface area (TPSA) is 35.5 Å². The van der Waals surface area contributed by atoms with Gasteiger partial charge in [0.05, 0.1) is 6.61 Å². The number of carbonyl (C=O) groups excluding carboxylic acids is 1. The molecule has 0 saturated heterocycles. The van der Waals surface area contributed by atoms with Crippen LogP contribution in [0.2, 0.25) is 0 Å². The Kier molecular flexibility index (Phi) is 2.73. The second-order valence-corrected chi connectivity index (χ2v) is 3.43. The van der Waals surface area contributed by atoms with Gasteiger partial charge >= 0.3 is 5.97 Å². The predicted molar refractivity (Wildman–Crippen MR) is 44.8 cm³/mol. The van der Waals surface area contributed by atoms with Crippen molar-refractivity contribution in [1.82, 2.24) is 0 Å². The van der Waals surface area contributed by atoms with Gasteiger partial charge in [0.15, 0.2) is 5.60 Å². The summed E-state index contributed by atoms with van der Waals surface area (Å²) < 4.78 is 10.1. The number of hydrogen-bond acceptors (Lipinski definition) is 3. The normalized spacial score (nSPS) is 34.1. The minimum atomic E-state index is -0.616. The molecule has 0 aromatic rings. The third-order valence-corrected chi connectivity index (χ3v) is 2.39. The Balaban J connectivity index is 2.51. The maximum Gasteiger partial charge on any atom is 0.338 e. The van der Waals surface area contributed by atoms with Crippen molar-refractivity contribution in [2.75, 3.05) is 13.7 Å². The molecule has 1 saturated carbocycles. The Labute approximate surface area is 73.0 Å². The smallest absolute Gasteiger partial charge is 0.338 e. The molecule has 3 nitrogen and oxygen atoms in total. The molecule has 3 heteroatoms. The molecular weight excluding hydrogens is 156 g/mol. The van der Waals surface area contributed by atoms with Crippen LogP contribution in [0.3, 0.4) is 0 Å². The van der Waals surface area contributed by atoms with Gasteiger partial charge in [-0.3, -0.25) is 0 Å². The molecule has 0 aliphatic heterocycles. The van der Waals surface area contributed by atoms with Crippen LogP contribution in [-0.4, -0.2) is 25.3 Å². The molecule has 1 aliphatic carbocycles. The maximum atomic E-state index is 11.4. The predicted octanol–water partition coefficient (Wildman–Crippen LogP) is 1.36. The SMILES string of the molecule is CCOC(=O)C1(OC)CC(C)C1. The van der Waals surface area contributed by atoms with Gasteiger partial charge < -0.3 is 9.47 Å². The van der Waals surface area contributed by atoms with E-state index < -0.39 is 5.60 Å². The van der Waals surface area contributed by atoms with Gasteiger partial charge in [0.1, 0.15) is 0 Å². The van der Waals surface area contributed by atoms with Gasteiger partial charge in [-0.25, -0.2) is 4.79 Å². The average Bonchev–Trinajstić information content (AvgIpc) is 1.98. The van der Waals surface area contributed by atoms with Crippen LogP contribution in [0.1, 0.15) is 26.7 Å². The quantitative estimate of drug-likeness (QED) is 0.603. The highest BCUT2D eigenvalue weighted by Gasteiger charge is 2.50. The lowest BCUT2D eigenvalue weighted by atomic mass is 9.72. The standard InChI is InChI=1S/C9H16O3/c1-4-12-8(10)9(11-3)5-7(2)6-9/h7H,4-6H2,1-3H3. The van der Waals surface area contributed by atoms with E-state index in [9.17, 15) is 4.79 Å². The second-order valence-electron chi connectivity index (χ2n) is 3.43. The molecule has 0 bridgehead atoms. The summed E-state index contributed by atoms with van der Waals surface area (Å²) in [5, 5.41) is 0. The first-order valence-electron chi connectivity index (χ1n) is 4.37. The first-order valence-corrected chi connectivity index (χ1v) is 4.37.